The predicted molar refractivity (Wildman–Crippen MR) is 436 cm³/mol. The SMILES string of the molecule is COc1cc(-c2nccc(-c3cccc(-c4ccc(CN(C(=O)OC(C)(C)C)C5CCN(C(C)=O)CC5)c(OC)n4)c3Cl)c2Cl)ccc1CN1CCC(NC(C)=O)CC1.COc1cc(-c2nccc(-c3cccc(-c4ccc(CNC5CCN(C(C)=O)CC5)c(OC)n4)c3Cl)c2Cl)ccc1CN1CCC(NC(C)=O)CC1. The second-order valence-electron chi connectivity index (χ2n) is 29.7. The number of carbonyl (C=O) groups excluding carboxylic acids is 5. The molecule has 4 aliphatic heterocycles. The van der Waals surface area contributed by atoms with E-state index in [1.165, 1.54) is 0 Å². The molecule has 5 amide bonds. The van der Waals surface area contributed by atoms with Crippen LogP contribution in [0.25, 0.3) is 67.3 Å². The summed E-state index contributed by atoms with van der Waals surface area (Å²) >= 11 is 28.6. The molecular weight excluding hydrogens is 1490 g/mol. The third-order valence-corrected chi connectivity index (χ3v) is 22.5. The lowest BCUT2D eigenvalue weighted by atomic mass is 9.98. The van der Waals surface area contributed by atoms with Crippen molar-refractivity contribution in [1.29, 1.82) is 0 Å². The minimum Gasteiger partial charge on any atom is -0.496 e. The second-order valence-corrected chi connectivity index (χ2v) is 31.2. The monoisotopic (exact) mass is 1590 g/mol. The van der Waals surface area contributed by atoms with Gasteiger partial charge >= 0.3 is 6.09 Å². The molecule has 0 aliphatic carbocycles. The molecule has 4 aromatic heterocycles. The van der Waals surface area contributed by atoms with E-state index in [-0.39, 0.29) is 48.3 Å². The van der Waals surface area contributed by atoms with E-state index in [0.717, 1.165) is 147 Å². The molecule has 12 rings (SSSR count). The zero-order valence-corrected chi connectivity index (χ0v) is 68.1. The number of hydrogen-bond acceptors (Lipinski definition) is 17. The number of rotatable bonds is 22. The number of benzene rings is 4. The molecule has 4 fully saturated rings. The number of piperidine rings is 4. The molecule has 8 heterocycles. The van der Waals surface area contributed by atoms with Gasteiger partial charge in [0.15, 0.2) is 0 Å². The average Bonchev–Trinajstić information content (AvgIpc) is 0.781. The molecular formula is C85H100Cl4N12O10. The fourth-order valence-electron chi connectivity index (χ4n) is 15.0. The minimum atomic E-state index is -0.686. The maximum Gasteiger partial charge on any atom is 0.410 e. The summed E-state index contributed by atoms with van der Waals surface area (Å²) in [6.07, 6.45) is 9.78. The number of nitrogens with one attached hydrogen (secondary N) is 3. The molecule has 111 heavy (non-hydrogen) atoms. The van der Waals surface area contributed by atoms with Crippen LogP contribution in [0.1, 0.15) is 122 Å². The largest absolute Gasteiger partial charge is 0.496 e. The molecule has 0 spiro atoms. The zero-order chi connectivity index (χ0) is 79.2. The lowest BCUT2D eigenvalue weighted by Crippen LogP contribution is -2.49. The van der Waals surface area contributed by atoms with Crippen molar-refractivity contribution < 1.29 is 47.7 Å². The molecule has 4 saturated heterocycles. The van der Waals surface area contributed by atoms with Crippen molar-refractivity contribution in [2.75, 3.05) is 80.8 Å². The highest BCUT2D eigenvalue weighted by Crippen LogP contribution is 2.45. The standard InChI is InChI=1S/C45H54Cl2N6O6.C40H46Cl2N6O4/c1-28(54)49-33-16-21-51(22-17-33)26-31-12-11-30(25-39(31)57-6)42-41(47)36(15-20-48-42)35-9-8-10-37(40(35)46)38-14-13-32(43(50-38)58-7)27-53(44(56)59-45(3,4)5)34-18-23-52(24-19-34)29(2)55;1-25(49)45-31-13-18-47(19-14-31)24-29-9-8-27(22-36(29)51-3)39-38(42)33(12-17-43-39)32-6-5-7-34(37(32)41)35-11-10-28(40(46-35)52-4)23-44-30-15-20-48(21-16-30)26(2)50/h8-15,20,25,33-34H,16-19,21-24,26-27H2,1-7H3,(H,49,54);5-12,17,22,30-31,44H,13-16,18-21,23-24H2,1-4H3,(H,45,49). The predicted octanol–water partition coefficient (Wildman–Crippen LogP) is 15.7. The van der Waals surface area contributed by atoms with Crippen LogP contribution in [0, 0.1) is 0 Å². The van der Waals surface area contributed by atoms with Crippen LogP contribution in [0.2, 0.25) is 20.1 Å². The summed E-state index contributed by atoms with van der Waals surface area (Å²) in [7, 11) is 6.51. The molecule has 588 valence electrons. The van der Waals surface area contributed by atoms with E-state index in [2.05, 4.69) is 47.9 Å². The molecule has 8 aromatic rings. The Bertz CT molecular complexity index is 4650. The smallest absolute Gasteiger partial charge is 0.410 e. The van der Waals surface area contributed by atoms with E-state index in [0.29, 0.717) is 115 Å². The van der Waals surface area contributed by atoms with Gasteiger partial charge in [-0.2, -0.15) is 0 Å². The van der Waals surface area contributed by atoms with Crippen LogP contribution < -0.4 is 34.9 Å². The fraction of sp³-hybridized carbons (Fsp3) is 0.424. The molecule has 26 heteroatoms. The summed E-state index contributed by atoms with van der Waals surface area (Å²) in [6.45, 7) is 20.4. The van der Waals surface area contributed by atoms with Crippen LogP contribution in [0.3, 0.4) is 0 Å². The average molecular weight is 1590 g/mol. The number of carbonyl (C=O) groups is 5. The highest BCUT2D eigenvalue weighted by atomic mass is 35.5. The van der Waals surface area contributed by atoms with E-state index >= 15 is 0 Å². The molecule has 3 N–H and O–H groups in total. The van der Waals surface area contributed by atoms with Gasteiger partial charge in [-0.25, -0.2) is 14.8 Å². The Labute approximate surface area is 671 Å². The van der Waals surface area contributed by atoms with Crippen LogP contribution in [0.5, 0.6) is 23.3 Å². The van der Waals surface area contributed by atoms with Gasteiger partial charge in [0, 0.05) is 203 Å². The Balaban J connectivity index is 0.000000222. The number of methoxy groups -OCH3 is 4. The summed E-state index contributed by atoms with van der Waals surface area (Å²) in [5, 5.41) is 11.6. The maximum absolute atomic E-state index is 13.6. The number of nitrogens with zero attached hydrogens (tertiary/aromatic N) is 9. The maximum atomic E-state index is 13.6. The van der Waals surface area contributed by atoms with Gasteiger partial charge in [0.2, 0.25) is 35.4 Å². The summed E-state index contributed by atoms with van der Waals surface area (Å²) in [4.78, 5) is 89.5. The van der Waals surface area contributed by atoms with Crippen LogP contribution in [0.4, 0.5) is 4.79 Å². The first-order chi connectivity index (χ1) is 53.3. The Kier molecular flexibility index (Phi) is 28.3. The van der Waals surface area contributed by atoms with Crippen LogP contribution in [-0.2, 0) is 50.1 Å². The first kappa shape index (κ1) is 82.8. The van der Waals surface area contributed by atoms with Crippen molar-refractivity contribution in [2.24, 2.45) is 0 Å². The van der Waals surface area contributed by atoms with E-state index in [1.807, 2.05) is 123 Å². The van der Waals surface area contributed by atoms with Crippen LogP contribution in [0.15, 0.2) is 122 Å². The number of aromatic nitrogens is 4. The van der Waals surface area contributed by atoms with Crippen molar-refractivity contribution >= 4 is 76.1 Å². The number of hydrogen-bond donors (Lipinski definition) is 3. The van der Waals surface area contributed by atoms with E-state index in [4.69, 9.17) is 80.1 Å². The van der Waals surface area contributed by atoms with Gasteiger partial charge in [-0.15, -0.1) is 0 Å². The summed E-state index contributed by atoms with van der Waals surface area (Å²) in [5.74, 6) is 2.58. The summed E-state index contributed by atoms with van der Waals surface area (Å²) in [6, 6.07) is 35.8. The third-order valence-electron chi connectivity index (χ3n) is 20.9. The third kappa shape index (κ3) is 21.0. The van der Waals surface area contributed by atoms with Crippen molar-refractivity contribution in [2.45, 2.75) is 156 Å². The Morgan fingerprint density at radius 3 is 1.28 bits per heavy atom. The molecule has 0 bridgehead atoms. The Morgan fingerprint density at radius 2 is 0.865 bits per heavy atom. The quantitative estimate of drug-likeness (QED) is 0.0572. The first-order valence-corrected chi connectivity index (χ1v) is 39.3. The number of likely N-dealkylation sites (tertiary alicyclic amines) is 4. The molecule has 4 aromatic carbocycles. The molecule has 0 unspecified atom stereocenters. The number of amides is 5. The lowest BCUT2D eigenvalue weighted by Gasteiger charge is -2.39. The van der Waals surface area contributed by atoms with Gasteiger partial charge in [-0.05, 0) is 115 Å². The highest BCUT2D eigenvalue weighted by Gasteiger charge is 2.34. The van der Waals surface area contributed by atoms with Gasteiger partial charge in [0.25, 0.3) is 0 Å². The molecule has 0 saturated carbocycles. The Hall–Kier alpha value is -9.13. The molecule has 0 atom stereocenters. The number of ether oxygens (including phenoxy) is 5. The number of pyridine rings is 4. The van der Waals surface area contributed by atoms with Crippen molar-refractivity contribution in [1.82, 2.24) is 60.4 Å². The summed E-state index contributed by atoms with van der Waals surface area (Å²) in [5.41, 5.74) is 11.6. The second kappa shape index (κ2) is 37.9. The number of halogens is 4. The topological polar surface area (TPSA) is 235 Å². The van der Waals surface area contributed by atoms with Crippen molar-refractivity contribution in [3.05, 3.63) is 164 Å². The fourth-order valence-corrected chi connectivity index (χ4v) is 16.3. The van der Waals surface area contributed by atoms with E-state index in [9.17, 15) is 24.0 Å². The lowest BCUT2D eigenvalue weighted by molar-refractivity contribution is -0.131. The molecule has 4 aliphatic rings. The Morgan fingerprint density at radius 1 is 0.468 bits per heavy atom. The van der Waals surface area contributed by atoms with E-state index in [1.54, 1.807) is 78.3 Å². The molecule has 0 radical (unpaired) electrons. The van der Waals surface area contributed by atoms with E-state index < -0.39 is 11.7 Å². The highest BCUT2D eigenvalue weighted by molar-refractivity contribution is 6.40. The van der Waals surface area contributed by atoms with Gasteiger partial charge in [-0.1, -0.05) is 113 Å². The normalized spacial score (nSPS) is 15.6. The zero-order valence-electron chi connectivity index (χ0n) is 65.1. The minimum absolute atomic E-state index is 0.0113. The van der Waals surface area contributed by atoms with Gasteiger partial charge in [-0.3, -0.25) is 38.9 Å². The van der Waals surface area contributed by atoms with Gasteiger partial charge in [0.1, 0.15) is 17.1 Å². The first-order valence-electron chi connectivity index (χ1n) is 37.8. The van der Waals surface area contributed by atoms with Crippen molar-refractivity contribution in [3.63, 3.8) is 0 Å². The van der Waals surface area contributed by atoms with Gasteiger partial charge < -0.3 is 54.3 Å². The van der Waals surface area contributed by atoms with Gasteiger partial charge in [0.05, 0.1) is 77.9 Å². The van der Waals surface area contributed by atoms with Crippen LogP contribution in [-0.4, -0.2) is 185 Å². The summed E-state index contributed by atoms with van der Waals surface area (Å²) < 4.78 is 29.0. The van der Waals surface area contributed by atoms with Crippen LogP contribution >= 0.6 is 46.4 Å². The van der Waals surface area contributed by atoms with Crippen molar-refractivity contribution in [3.8, 4) is 90.5 Å². The molecule has 22 nitrogen and oxygen atoms in total.